The lowest BCUT2D eigenvalue weighted by Gasteiger charge is -2.32. The fourth-order valence-corrected chi connectivity index (χ4v) is 5.68. The van der Waals surface area contributed by atoms with Crippen molar-refractivity contribution >= 4 is 34.2 Å². The van der Waals surface area contributed by atoms with E-state index in [2.05, 4.69) is 47.5 Å². The number of pyridine rings is 1. The minimum absolute atomic E-state index is 0.0807. The topological polar surface area (TPSA) is 65.5 Å². The van der Waals surface area contributed by atoms with Gasteiger partial charge in [0.25, 0.3) is 0 Å². The molecule has 2 aliphatic heterocycles. The van der Waals surface area contributed by atoms with Crippen molar-refractivity contribution in [1.82, 2.24) is 9.88 Å². The molecule has 0 radical (unpaired) electrons. The molecule has 0 spiro atoms. The standard InChI is InChI=1S/C31H38N4O2/c1-23-20-29(34-16-6-3-7-17-34)33-28-11-10-26(22-27(23)28)32-30(36)12-13-31(37)35-18-14-25(15-19-35)21-24-8-4-2-5-9-24/h2,4-5,8-11,20,22,25H,3,6-7,12-19,21H2,1H3,(H,32,36). The predicted molar refractivity (Wildman–Crippen MR) is 150 cm³/mol. The average Bonchev–Trinajstić information content (AvgIpc) is 2.93. The maximum Gasteiger partial charge on any atom is 0.224 e. The van der Waals surface area contributed by atoms with Crippen molar-refractivity contribution in [3.05, 3.63) is 65.7 Å². The molecule has 0 saturated carbocycles. The Morgan fingerprint density at radius 2 is 1.68 bits per heavy atom. The second-order valence-electron chi connectivity index (χ2n) is 10.6. The number of fused-ring (bicyclic) bond motifs is 1. The van der Waals surface area contributed by atoms with Crippen LogP contribution >= 0.6 is 0 Å². The van der Waals surface area contributed by atoms with Gasteiger partial charge in [0, 0.05) is 50.1 Å². The molecule has 2 aliphatic rings. The summed E-state index contributed by atoms with van der Waals surface area (Å²) in [5.41, 5.74) is 4.23. The number of amides is 2. The van der Waals surface area contributed by atoms with Crippen molar-refractivity contribution in [2.45, 2.75) is 58.3 Å². The van der Waals surface area contributed by atoms with Crippen LogP contribution in [0.4, 0.5) is 11.5 Å². The molecule has 0 aliphatic carbocycles. The number of nitrogens with one attached hydrogen (secondary N) is 1. The maximum atomic E-state index is 12.7. The summed E-state index contributed by atoms with van der Waals surface area (Å²) < 4.78 is 0. The number of rotatable bonds is 7. The number of carbonyl (C=O) groups is 2. The summed E-state index contributed by atoms with van der Waals surface area (Å²) in [7, 11) is 0. The lowest BCUT2D eigenvalue weighted by molar-refractivity contribution is -0.134. The molecule has 1 N–H and O–H groups in total. The SMILES string of the molecule is Cc1cc(N2CCCCC2)nc2ccc(NC(=O)CCC(=O)N3CCC(Cc4ccccc4)CC3)cc12. The maximum absolute atomic E-state index is 12.7. The van der Waals surface area contributed by atoms with E-state index in [1.165, 1.54) is 24.8 Å². The Kier molecular flexibility index (Phi) is 8.02. The number of likely N-dealkylation sites (tertiary alicyclic amines) is 1. The van der Waals surface area contributed by atoms with Gasteiger partial charge < -0.3 is 15.1 Å². The van der Waals surface area contributed by atoms with E-state index < -0.39 is 0 Å². The van der Waals surface area contributed by atoms with E-state index in [1.54, 1.807) is 0 Å². The molecule has 2 saturated heterocycles. The summed E-state index contributed by atoms with van der Waals surface area (Å²) in [6, 6.07) is 18.6. The molecule has 0 atom stereocenters. The van der Waals surface area contributed by atoms with Gasteiger partial charge in [0.05, 0.1) is 5.52 Å². The molecule has 3 heterocycles. The Bertz CT molecular complexity index is 1230. The van der Waals surface area contributed by atoms with Crippen LogP contribution in [0, 0.1) is 12.8 Å². The fourth-order valence-electron chi connectivity index (χ4n) is 5.68. The lowest BCUT2D eigenvalue weighted by Crippen LogP contribution is -2.39. The van der Waals surface area contributed by atoms with Crippen LogP contribution in [0.2, 0.25) is 0 Å². The van der Waals surface area contributed by atoms with E-state index in [4.69, 9.17) is 4.98 Å². The number of hydrogen-bond donors (Lipinski definition) is 1. The third kappa shape index (κ3) is 6.48. The van der Waals surface area contributed by atoms with E-state index in [1.807, 2.05) is 29.2 Å². The Balaban J connectivity index is 1.10. The highest BCUT2D eigenvalue weighted by Crippen LogP contribution is 2.27. The van der Waals surface area contributed by atoms with Crippen LogP contribution in [-0.2, 0) is 16.0 Å². The zero-order valence-corrected chi connectivity index (χ0v) is 21.9. The van der Waals surface area contributed by atoms with Crippen LogP contribution in [0.25, 0.3) is 10.9 Å². The van der Waals surface area contributed by atoms with Gasteiger partial charge in [0.15, 0.2) is 0 Å². The highest BCUT2D eigenvalue weighted by atomic mass is 16.2. The van der Waals surface area contributed by atoms with E-state index in [0.29, 0.717) is 5.92 Å². The first-order valence-corrected chi connectivity index (χ1v) is 13.8. The van der Waals surface area contributed by atoms with Gasteiger partial charge in [0.1, 0.15) is 5.82 Å². The molecule has 5 rings (SSSR count). The minimum atomic E-state index is -0.123. The van der Waals surface area contributed by atoms with Crippen molar-refractivity contribution in [2.75, 3.05) is 36.4 Å². The highest BCUT2D eigenvalue weighted by molar-refractivity contribution is 5.96. The number of piperidine rings is 2. The number of aryl methyl sites for hydroxylation is 1. The first-order valence-electron chi connectivity index (χ1n) is 13.8. The number of hydrogen-bond acceptors (Lipinski definition) is 4. The first kappa shape index (κ1) is 25.2. The van der Waals surface area contributed by atoms with Gasteiger partial charge in [-0.05, 0) is 86.8 Å². The van der Waals surface area contributed by atoms with Crippen LogP contribution in [0.15, 0.2) is 54.6 Å². The van der Waals surface area contributed by atoms with Gasteiger partial charge in [-0.2, -0.15) is 0 Å². The predicted octanol–water partition coefficient (Wildman–Crippen LogP) is 5.73. The van der Waals surface area contributed by atoms with Crippen LogP contribution in [-0.4, -0.2) is 47.9 Å². The van der Waals surface area contributed by atoms with Crippen molar-refractivity contribution in [2.24, 2.45) is 5.92 Å². The average molecular weight is 499 g/mol. The minimum Gasteiger partial charge on any atom is -0.357 e. The highest BCUT2D eigenvalue weighted by Gasteiger charge is 2.23. The van der Waals surface area contributed by atoms with Crippen LogP contribution in [0.5, 0.6) is 0 Å². The Hall–Kier alpha value is -3.41. The summed E-state index contributed by atoms with van der Waals surface area (Å²) in [6.45, 7) is 5.81. The number of carbonyl (C=O) groups excluding carboxylic acids is 2. The number of nitrogens with zero attached hydrogens (tertiary/aromatic N) is 3. The van der Waals surface area contributed by atoms with Crippen molar-refractivity contribution < 1.29 is 9.59 Å². The zero-order valence-electron chi connectivity index (χ0n) is 21.9. The molecule has 194 valence electrons. The molecule has 3 aromatic rings. The molecule has 2 fully saturated rings. The smallest absolute Gasteiger partial charge is 0.224 e. The molecular formula is C31H38N4O2. The summed E-state index contributed by atoms with van der Waals surface area (Å²) >= 11 is 0. The summed E-state index contributed by atoms with van der Waals surface area (Å²) in [5, 5.41) is 4.03. The van der Waals surface area contributed by atoms with Crippen LogP contribution in [0.1, 0.15) is 56.1 Å². The molecule has 6 nitrogen and oxygen atoms in total. The first-order chi connectivity index (χ1) is 18.0. The molecule has 0 bridgehead atoms. The Morgan fingerprint density at radius 3 is 2.43 bits per heavy atom. The summed E-state index contributed by atoms with van der Waals surface area (Å²) in [5.74, 6) is 1.62. The quantitative estimate of drug-likeness (QED) is 0.452. The molecule has 2 amide bonds. The molecule has 2 aromatic carbocycles. The van der Waals surface area contributed by atoms with Gasteiger partial charge in [-0.3, -0.25) is 9.59 Å². The second-order valence-corrected chi connectivity index (χ2v) is 10.6. The van der Waals surface area contributed by atoms with Gasteiger partial charge >= 0.3 is 0 Å². The van der Waals surface area contributed by atoms with E-state index in [-0.39, 0.29) is 24.7 Å². The van der Waals surface area contributed by atoms with Crippen molar-refractivity contribution in [1.29, 1.82) is 0 Å². The third-order valence-corrected chi connectivity index (χ3v) is 7.87. The fraction of sp³-hybridized carbons (Fsp3) is 0.452. The van der Waals surface area contributed by atoms with Crippen LogP contribution < -0.4 is 10.2 Å². The Morgan fingerprint density at radius 1 is 0.919 bits per heavy atom. The Labute approximate surface area is 220 Å². The van der Waals surface area contributed by atoms with E-state index in [9.17, 15) is 9.59 Å². The van der Waals surface area contributed by atoms with Crippen LogP contribution in [0.3, 0.4) is 0 Å². The normalized spacial score (nSPS) is 16.7. The molecular weight excluding hydrogens is 460 g/mol. The van der Waals surface area contributed by atoms with E-state index >= 15 is 0 Å². The van der Waals surface area contributed by atoms with Gasteiger partial charge in [0.2, 0.25) is 11.8 Å². The zero-order chi connectivity index (χ0) is 25.6. The largest absolute Gasteiger partial charge is 0.357 e. The van der Waals surface area contributed by atoms with Crippen molar-refractivity contribution in [3.8, 4) is 0 Å². The molecule has 1 aromatic heterocycles. The lowest BCUT2D eigenvalue weighted by atomic mass is 9.90. The second kappa shape index (κ2) is 11.8. The van der Waals surface area contributed by atoms with Gasteiger partial charge in [-0.15, -0.1) is 0 Å². The van der Waals surface area contributed by atoms with Gasteiger partial charge in [-0.1, -0.05) is 30.3 Å². The van der Waals surface area contributed by atoms with E-state index in [0.717, 1.165) is 73.4 Å². The number of benzene rings is 2. The third-order valence-electron chi connectivity index (χ3n) is 7.87. The molecule has 0 unspecified atom stereocenters. The van der Waals surface area contributed by atoms with Crippen molar-refractivity contribution in [3.63, 3.8) is 0 Å². The van der Waals surface area contributed by atoms with Gasteiger partial charge in [-0.25, -0.2) is 4.98 Å². The summed E-state index contributed by atoms with van der Waals surface area (Å²) in [6.07, 6.45) is 7.32. The number of anilines is 2. The summed E-state index contributed by atoms with van der Waals surface area (Å²) in [4.78, 5) is 34.6. The molecule has 37 heavy (non-hydrogen) atoms. The molecule has 6 heteroatoms. The monoisotopic (exact) mass is 498 g/mol. The number of aromatic nitrogens is 1.